The third kappa shape index (κ3) is 3.98. The molecule has 4 aromatic heterocycles. The van der Waals surface area contributed by atoms with Gasteiger partial charge in [0.1, 0.15) is 29.9 Å². The maximum Gasteiger partial charge on any atom is 0.278 e. The van der Waals surface area contributed by atoms with E-state index in [2.05, 4.69) is 20.4 Å². The maximum absolute atomic E-state index is 13.5. The molecular formula is C24H24N6O4. The summed E-state index contributed by atoms with van der Waals surface area (Å²) in [7, 11) is 0. The van der Waals surface area contributed by atoms with Crippen molar-refractivity contribution in [2.24, 2.45) is 0 Å². The molecule has 0 bridgehead atoms. The molecule has 5 aromatic rings. The fraction of sp³-hybridized carbons (Fsp3) is 0.292. The zero-order chi connectivity index (χ0) is 23.8. The summed E-state index contributed by atoms with van der Waals surface area (Å²) in [4.78, 5) is 35.2. The first-order valence-corrected chi connectivity index (χ1v) is 11.0. The molecule has 1 N–H and O–H groups in total. The zero-order valence-electron chi connectivity index (χ0n) is 19.1. The van der Waals surface area contributed by atoms with Gasteiger partial charge in [0.25, 0.3) is 5.56 Å². The molecule has 10 heteroatoms. The minimum atomic E-state index is -0.290. The van der Waals surface area contributed by atoms with Gasteiger partial charge in [-0.15, -0.1) is 0 Å². The van der Waals surface area contributed by atoms with Crippen LogP contribution in [0.2, 0.25) is 0 Å². The van der Waals surface area contributed by atoms with Gasteiger partial charge in [-0.25, -0.2) is 4.98 Å². The smallest absolute Gasteiger partial charge is 0.278 e. The van der Waals surface area contributed by atoms with Crippen LogP contribution in [0.25, 0.3) is 21.9 Å². The average molecular weight is 460 g/mol. The second kappa shape index (κ2) is 8.62. The van der Waals surface area contributed by atoms with Crippen LogP contribution in [0.5, 0.6) is 0 Å². The molecule has 10 nitrogen and oxygen atoms in total. The van der Waals surface area contributed by atoms with E-state index in [1.54, 1.807) is 23.0 Å². The second-order valence-electron chi connectivity index (χ2n) is 8.54. The van der Waals surface area contributed by atoms with Crippen molar-refractivity contribution >= 4 is 27.8 Å². The lowest BCUT2D eigenvalue weighted by atomic mass is 10.1. The SMILES string of the molecule is Cc1ccc2c(c1)c1ncn(Cc3nc(C(C)C)no3)c(=O)c1n2CC(=O)NCc1ccco1. The number of aromatic nitrogens is 5. The standard InChI is InChI=1S/C24H24N6O4/c1-14(2)23-27-20(34-28-23)12-29-13-26-21-17-9-15(3)6-7-18(17)30(22(21)24(29)32)11-19(31)25-10-16-5-4-8-33-16/h4-9,13-14H,10-12H2,1-3H3,(H,25,31). The topological polar surface area (TPSA) is 121 Å². The Morgan fingerprint density at radius 1 is 1.24 bits per heavy atom. The van der Waals surface area contributed by atoms with Crippen molar-refractivity contribution in [3.63, 3.8) is 0 Å². The molecule has 0 aliphatic carbocycles. The van der Waals surface area contributed by atoms with Crippen molar-refractivity contribution in [1.82, 2.24) is 29.6 Å². The summed E-state index contributed by atoms with van der Waals surface area (Å²) < 4.78 is 13.7. The minimum absolute atomic E-state index is 0.0389. The van der Waals surface area contributed by atoms with E-state index in [1.807, 2.05) is 39.0 Å². The maximum atomic E-state index is 13.5. The van der Waals surface area contributed by atoms with Gasteiger partial charge in [0.15, 0.2) is 5.82 Å². The number of hydrogen-bond acceptors (Lipinski definition) is 7. The summed E-state index contributed by atoms with van der Waals surface area (Å²) in [5.41, 5.74) is 2.40. The summed E-state index contributed by atoms with van der Waals surface area (Å²) in [5, 5.41) is 7.61. The van der Waals surface area contributed by atoms with Crippen LogP contribution in [0.1, 0.15) is 42.8 Å². The third-order valence-electron chi connectivity index (χ3n) is 5.63. The van der Waals surface area contributed by atoms with Crippen molar-refractivity contribution < 1.29 is 13.7 Å². The normalized spacial score (nSPS) is 11.6. The molecule has 0 radical (unpaired) electrons. The molecule has 0 saturated heterocycles. The number of hydrogen-bond donors (Lipinski definition) is 1. The first-order valence-electron chi connectivity index (χ1n) is 11.0. The molecule has 1 aromatic carbocycles. The van der Waals surface area contributed by atoms with Crippen molar-refractivity contribution in [3.05, 3.63) is 76.3 Å². The first-order chi connectivity index (χ1) is 16.4. The summed E-state index contributed by atoms with van der Waals surface area (Å²) in [6.07, 6.45) is 3.03. The number of amides is 1. The molecule has 0 aliphatic heterocycles. The number of aryl methyl sites for hydroxylation is 1. The predicted octanol–water partition coefficient (Wildman–Crippen LogP) is 3.12. The minimum Gasteiger partial charge on any atom is -0.467 e. The van der Waals surface area contributed by atoms with Crippen LogP contribution in [0.3, 0.4) is 0 Å². The number of furan rings is 1. The molecular weight excluding hydrogens is 436 g/mol. The molecule has 5 rings (SSSR count). The summed E-state index contributed by atoms with van der Waals surface area (Å²) in [6, 6.07) is 9.37. The molecule has 0 atom stereocenters. The Hall–Kier alpha value is -4.21. The molecule has 4 heterocycles. The van der Waals surface area contributed by atoms with E-state index in [1.165, 1.54) is 10.9 Å². The van der Waals surface area contributed by atoms with Gasteiger partial charge >= 0.3 is 0 Å². The highest BCUT2D eigenvalue weighted by molar-refractivity contribution is 6.06. The summed E-state index contributed by atoms with van der Waals surface area (Å²) in [6.45, 7) is 6.22. The molecule has 0 aliphatic rings. The highest BCUT2D eigenvalue weighted by atomic mass is 16.5. The summed E-state index contributed by atoms with van der Waals surface area (Å²) >= 11 is 0. The lowest BCUT2D eigenvalue weighted by molar-refractivity contribution is -0.121. The van der Waals surface area contributed by atoms with Crippen LogP contribution in [-0.2, 0) is 24.4 Å². The van der Waals surface area contributed by atoms with Crippen molar-refractivity contribution in [2.45, 2.75) is 46.3 Å². The highest BCUT2D eigenvalue weighted by Crippen LogP contribution is 2.26. The molecule has 0 fully saturated rings. The lowest BCUT2D eigenvalue weighted by Crippen LogP contribution is -2.29. The van der Waals surface area contributed by atoms with E-state index in [0.29, 0.717) is 28.5 Å². The van der Waals surface area contributed by atoms with Gasteiger partial charge in [-0.1, -0.05) is 30.6 Å². The Morgan fingerprint density at radius 3 is 2.82 bits per heavy atom. The van der Waals surface area contributed by atoms with Crippen molar-refractivity contribution in [2.75, 3.05) is 0 Å². The largest absolute Gasteiger partial charge is 0.467 e. The van der Waals surface area contributed by atoms with Crippen LogP contribution in [0.15, 0.2) is 56.7 Å². The number of nitrogens with one attached hydrogen (secondary N) is 1. The van der Waals surface area contributed by atoms with Crippen LogP contribution in [0.4, 0.5) is 0 Å². The van der Waals surface area contributed by atoms with E-state index >= 15 is 0 Å². The Morgan fingerprint density at radius 2 is 2.09 bits per heavy atom. The molecule has 0 saturated carbocycles. The predicted molar refractivity (Wildman–Crippen MR) is 124 cm³/mol. The van der Waals surface area contributed by atoms with Gasteiger partial charge in [0.2, 0.25) is 11.8 Å². The second-order valence-corrected chi connectivity index (χ2v) is 8.54. The first kappa shape index (κ1) is 21.6. The molecule has 1 amide bonds. The number of carbonyl (C=O) groups is 1. The molecule has 0 unspecified atom stereocenters. The molecule has 34 heavy (non-hydrogen) atoms. The average Bonchev–Trinajstić information content (AvgIpc) is 3.55. The zero-order valence-corrected chi connectivity index (χ0v) is 19.1. The third-order valence-corrected chi connectivity index (χ3v) is 5.63. The van der Waals surface area contributed by atoms with E-state index < -0.39 is 0 Å². The van der Waals surface area contributed by atoms with Gasteiger partial charge in [-0.3, -0.25) is 14.2 Å². The Labute approximate surface area is 194 Å². The Bertz CT molecular complexity index is 1540. The van der Waals surface area contributed by atoms with Gasteiger partial charge in [0, 0.05) is 11.3 Å². The van der Waals surface area contributed by atoms with Gasteiger partial charge < -0.3 is 18.8 Å². The van der Waals surface area contributed by atoms with Gasteiger partial charge in [0.05, 0.1) is 24.7 Å². The highest BCUT2D eigenvalue weighted by Gasteiger charge is 2.20. The van der Waals surface area contributed by atoms with Crippen molar-refractivity contribution in [3.8, 4) is 0 Å². The Balaban J connectivity index is 1.55. The fourth-order valence-electron chi connectivity index (χ4n) is 3.90. The summed E-state index contributed by atoms with van der Waals surface area (Å²) in [5.74, 6) is 1.41. The van der Waals surface area contributed by atoms with E-state index in [9.17, 15) is 9.59 Å². The number of rotatable bonds is 7. The van der Waals surface area contributed by atoms with E-state index in [4.69, 9.17) is 8.94 Å². The van der Waals surface area contributed by atoms with Crippen molar-refractivity contribution in [1.29, 1.82) is 0 Å². The molecule has 174 valence electrons. The quantitative estimate of drug-likeness (QED) is 0.396. The van der Waals surface area contributed by atoms with Gasteiger partial charge in [-0.05, 0) is 31.2 Å². The Kier molecular flexibility index (Phi) is 5.48. The number of carbonyl (C=O) groups excluding carboxylic acids is 1. The van der Waals surface area contributed by atoms with Gasteiger partial charge in [-0.2, -0.15) is 4.98 Å². The number of fused-ring (bicyclic) bond motifs is 3. The van der Waals surface area contributed by atoms with Crippen LogP contribution >= 0.6 is 0 Å². The number of nitrogens with zero attached hydrogens (tertiary/aromatic N) is 5. The van der Waals surface area contributed by atoms with Crippen LogP contribution in [-0.4, -0.2) is 30.2 Å². The van der Waals surface area contributed by atoms with E-state index in [-0.39, 0.29) is 37.0 Å². The van der Waals surface area contributed by atoms with E-state index in [0.717, 1.165) is 16.5 Å². The lowest BCUT2D eigenvalue weighted by Gasteiger charge is -2.09. The number of benzene rings is 1. The van der Waals surface area contributed by atoms with Crippen LogP contribution in [0, 0.1) is 6.92 Å². The monoisotopic (exact) mass is 460 g/mol. The fourth-order valence-corrected chi connectivity index (χ4v) is 3.90. The van der Waals surface area contributed by atoms with Crippen LogP contribution < -0.4 is 10.9 Å². The molecule has 0 spiro atoms.